The highest BCUT2D eigenvalue weighted by Crippen LogP contribution is 2.22. The average molecular weight is 1280 g/mol. The summed E-state index contributed by atoms with van der Waals surface area (Å²) in [6.45, 7) is 35.1. The van der Waals surface area contributed by atoms with E-state index in [-0.39, 0.29) is 6.10 Å². The molecule has 2 unspecified atom stereocenters. The van der Waals surface area contributed by atoms with E-state index in [2.05, 4.69) is 157 Å². The van der Waals surface area contributed by atoms with Gasteiger partial charge in [-0.3, -0.25) is 29.1 Å². The fraction of sp³-hybridized carbons (Fsp3) is 0.484. The lowest BCUT2D eigenvalue weighted by Gasteiger charge is -2.36. The maximum atomic E-state index is 11.7. The molecule has 9 aromatic heterocycles. The number of nitrogens with one attached hydrogen (secondary N) is 1. The van der Waals surface area contributed by atoms with Crippen LogP contribution in [0.5, 0.6) is 0 Å². The van der Waals surface area contributed by atoms with E-state index in [0.717, 1.165) is 88.2 Å². The maximum absolute atomic E-state index is 11.7. The minimum atomic E-state index is -2.52. The van der Waals surface area contributed by atoms with Crippen LogP contribution in [0.2, 0.25) is 4.34 Å². The van der Waals surface area contributed by atoms with Crippen LogP contribution in [0.25, 0.3) is 4.85 Å². The van der Waals surface area contributed by atoms with Gasteiger partial charge in [0, 0.05) is 132 Å². The molecule has 17 nitrogen and oxygen atoms in total. The standard InChI is InChI=1S/C10H16N2S.C10H15NOS.C8H13N3.C8H13NS.C6H7N3.C6H10N2.C5H5ClS.C5H6F2N2.C4H6N2/c1-8-2-3-10(13-8)7-12-5-4-9(11)6-12;1-8-2-3-10(13-8)7-11-5-4-9(12)6-11;1-7-3-9-11(4-7)8-5-10(2)6-8;1-7-4-8(10-6-7)5-9(2)3;1-6-3-8-9(4-6)5-7-2;1-3-8-5-6(2)4-7-8;1-4-2-3-5(6)7-4;1-4-2-3-9(8-4)5(6)7;1-4-2-5-6-3-4/h2-3,9H,4-7,11H2,1H3;2-3,9,12H,4-7H2,1H3;3-4,8H,5-6H2,1-2H3;4,6H,5H2,1-3H3;3-4H,5H2,1H3;4-5H,3H2,1-2H3;2-3H,1H3;2-3,5H,1H3;2-3H,1H3,(H,5,6). The number of nitrogens with two attached hydrogens (primary N) is 1. The zero-order valence-electron chi connectivity index (χ0n) is 52.4. The zero-order chi connectivity index (χ0) is 63.1. The zero-order valence-corrected chi connectivity index (χ0v) is 56.5. The van der Waals surface area contributed by atoms with Crippen molar-refractivity contribution in [2.45, 2.75) is 140 Å². The van der Waals surface area contributed by atoms with Crippen molar-refractivity contribution in [1.82, 2.24) is 68.9 Å². The van der Waals surface area contributed by atoms with E-state index in [9.17, 15) is 13.9 Å². The summed E-state index contributed by atoms with van der Waals surface area (Å²) in [5, 5.41) is 33.6. The number of hydrogen-bond acceptors (Lipinski definition) is 15. The van der Waals surface area contributed by atoms with Crippen molar-refractivity contribution in [2.75, 3.05) is 60.4 Å². The third-order valence-electron chi connectivity index (χ3n) is 12.7. The Morgan fingerprint density at radius 3 is 1.64 bits per heavy atom. The van der Waals surface area contributed by atoms with E-state index in [1.807, 2.05) is 110 Å². The fourth-order valence-electron chi connectivity index (χ4n) is 8.41. The summed E-state index contributed by atoms with van der Waals surface area (Å²) in [5.41, 5.74) is 12.6. The lowest BCUT2D eigenvalue weighted by Crippen LogP contribution is -2.45. The summed E-state index contributed by atoms with van der Waals surface area (Å²) >= 11 is 12.8. The lowest BCUT2D eigenvalue weighted by atomic mass is 10.1. The van der Waals surface area contributed by atoms with Crippen LogP contribution in [0, 0.1) is 68.9 Å². The minimum absolute atomic E-state index is 0.0962. The van der Waals surface area contributed by atoms with Gasteiger partial charge in [0.15, 0.2) is 0 Å². The Bertz CT molecular complexity index is 3160. The number of alkyl halides is 2. The molecule has 0 radical (unpaired) electrons. The lowest BCUT2D eigenvalue weighted by molar-refractivity contribution is 0.0563. The Hall–Kier alpha value is -5.75. The third-order valence-corrected chi connectivity index (χ3v) is 16.8. The number of thiophene rings is 4. The highest BCUT2D eigenvalue weighted by atomic mass is 35.5. The van der Waals surface area contributed by atoms with Gasteiger partial charge >= 0.3 is 13.2 Å². The molecule has 0 aromatic carbocycles. The summed E-state index contributed by atoms with van der Waals surface area (Å²) in [4.78, 5) is 20.8. The SMILES string of the molecule is CCn1cc(C)cn1.Cc1ccc(CN2CCC(N)C2)s1.Cc1ccc(CN2CCC(O)C2)s1.Cc1ccc(Cl)s1.Cc1ccn(C(F)F)n1.Cc1cn[nH]c1.Cc1cnn(C2CN(C)C2)c1.Cc1csc(CN(C)C)c1.[C-]#[N+]Cn1cc(C)cn1. The monoisotopic (exact) mass is 1280 g/mol. The molecule has 24 heteroatoms. The smallest absolute Gasteiger partial charge is 0.333 e. The minimum Gasteiger partial charge on any atom is -0.392 e. The number of aliphatic hydroxyl groups is 1. The number of aryl methyl sites for hydroxylation is 10. The van der Waals surface area contributed by atoms with Gasteiger partial charge in [-0.1, -0.05) is 11.6 Å². The van der Waals surface area contributed by atoms with E-state index < -0.39 is 6.55 Å². The first-order valence-corrected chi connectivity index (χ1v) is 32.3. The molecular weight excluding hydrogens is 1190 g/mol. The topological polar surface area (TPSA) is 164 Å². The molecule has 9 aromatic rings. The predicted molar refractivity (Wildman–Crippen MR) is 354 cm³/mol. The number of halogens is 3. The molecule has 0 amide bonds. The van der Waals surface area contributed by atoms with Crippen LogP contribution >= 0.6 is 56.9 Å². The molecule has 0 saturated carbocycles. The molecule has 4 N–H and O–H groups in total. The third kappa shape index (κ3) is 30.2. The summed E-state index contributed by atoms with van der Waals surface area (Å²) in [7, 11) is 6.32. The average Bonchev–Trinajstić information content (AvgIpc) is 4.19. The molecule has 3 aliphatic rings. The molecule has 3 fully saturated rings. The number of aromatic nitrogens is 10. The number of H-pyrrole nitrogens is 1. The van der Waals surface area contributed by atoms with Crippen LogP contribution in [0.3, 0.4) is 0 Å². The number of likely N-dealkylation sites (N-methyl/N-ethyl adjacent to an activating group) is 1. The van der Waals surface area contributed by atoms with E-state index in [4.69, 9.17) is 23.9 Å². The van der Waals surface area contributed by atoms with Gasteiger partial charge in [-0.25, -0.2) is 15.9 Å². The van der Waals surface area contributed by atoms with Crippen molar-refractivity contribution in [2.24, 2.45) is 5.73 Å². The summed E-state index contributed by atoms with van der Waals surface area (Å²) < 4.78 is 30.4. The van der Waals surface area contributed by atoms with Crippen LogP contribution in [0.15, 0.2) is 110 Å². The van der Waals surface area contributed by atoms with Crippen molar-refractivity contribution in [3.63, 3.8) is 0 Å². The van der Waals surface area contributed by atoms with Crippen molar-refractivity contribution in [1.29, 1.82) is 0 Å². The van der Waals surface area contributed by atoms with Gasteiger partial charge in [0.2, 0.25) is 0 Å². The van der Waals surface area contributed by atoms with E-state index in [0.29, 0.717) is 29.1 Å². The second-order valence-electron chi connectivity index (χ2n) is 21.8. The van der Waals surface area contributed by atoms with Crippen molar-refractivity contribution in [3.8, 4) is 0 Å². The van der Waals surface area contributed by atoms with E-state index >= 15 is 0 Å². The van der Waals surface area contributed by atoms with Gasteiger partial charge in [0.1, 0.15) is 0 Å². The Balaban J connectivity index is 0.000000209. The van der Waals surface area contributed by atoms with Gasteiger partial charge in [-0.05, 0) is 185 Å². The van der Waals surface area contributed by atoms with Crippen LogP contribution < -0.4 is 5.73 Å². The van der Waals surface area contributed by atoms with Gasteiger partial charge in [0.05, 0.1) is 47.0 Å². The molecule has 12 heterocycles. The number of aliphatic hydroxyl groups excluding tert-OH is 1. The molecule has 3 saturated heterocycles. The number of nitrogens with zero attached hydrogens (tertiary/aromatic N) is 14. The first kappa shape index (κ1) is 72.7. The molecule has 470 valence electrons. The number of rotatable bonds is 10. The van der Waals surface area contributed by atoms with E-state index in [1.54, 1.807) is 35.3 Å². The second-order valence-corrected chi connectivity index (χ2v) is 27.4. The first-order chi connectivity index (χ1) is 40.9. The highest BCUT2D eigenvalue weighted by Gasteiger charge is 2.25. The number of hydrogen-bond donors (Lipinski definition) is 3. The normalized spacial score (nSPS) is 15.4. The van der Waals surface area contributed by atoms with Gasteiger partial charge in [-0.15, -0.1) is 45.3 Å². The van der Waals surface area contributed by atoms with Gasteiger partial charge < -0.3 is 20.6 Å². The van der Waals surface area contributed by atoms with E-state index in [1.165, 1.54) is 63.8 Å². The van der Waals surface area contributed by atoms with Crippen LogP contribution in [-0.4, -0.2) is 147 Å². The molecular formula is C62H91ClF2N16OS4. The largest absolute Gasteiger partial charge is 0.392 e. The molecule has 2 atom stereocenters. The summed E-state index contributed by atoms with van der Waals surface area (Å²) in [6, 6.07) is 17.5. The van der Waals surface area contributed by atoms with Crippen LogP contribution in [0.1, 0.15) is 95.1 Å². The van der Waals surface area contributed by atoms with Crippen molar-refractivity contribution >= 4 is 56.9 Å². The maximum Gasteiger partial charge on any atom is 0.333 e. The fourth-order valence-corrected chi connectivity index (χ4v) is 12.3. The molecule has 0 spiro atoms. The first-order valence-electron chi connectivity index (χ1n) is 28.6. The molecule has 12 rings (SSSR count). The molecule has 0 aliphatic carbocycles. The van der Waals surface area contributed by atoms with Crippen molar-refractivity contribution < 1.29 is 13.9 Å². The number of aromatic amines is 1. The Morgan fingerprint density at radius 2 is 1.31 bits per heavy atom. The Kier molecular flexibility index (Phi) is 33.2. The second kappa shape index (κ2) is 39.2. The molecule has 86 heavy (non-hydrogen) atoms. The highest BCUT2D eigenvalue weighted by molar-refractivity contribution is 7.16. The molecule has 3 aliphatic heterocycles. The van der Waals surface area contributed by atoms with Gasteiger partial charge in [-0.2, -0.15) is 34.3 Å². The Labute approximate surface area is 530 Å². The van der Waals surface area contributed by atoms with Crippen molar-refractivity contribution in [3.05, 3.63) is 188 Å². The quantitative estimate of drug-likeness (QED) is 0.112. The van der Waals surface area contributed by atoms with Gasteiger partial charge in [0.25, 0.3) is 0 Å². The number of likely N-dealkylation sites (tertiary alicyclic amines) is 3. The van der Waals surface area contributed by atoms with Crippen LogP contribution in [-0.2, 0) is 32.8 Å². The predicted octanol–water partition coefficient (Wildman–Crippen LogP) is 13.3. The molecule has 0 bridgehead atoms. The summed E-state index contributed by atoms with van der Waals surface area (Å²) in [5.74, 6) is 0. The number of β-amino-alcohol motifs (C(OH)–C–C–N with tert-alkyl or cyclic N) is 1. The van der Waals surface area contributed by atoms with Crippen LogP contribution in [0.4, 0.5) is 8.78 Å². The summed E-state index contributed by atoms with van der Waals surface area (Å²) in [6.07, 6.45) is 18.4. The Morgan fingerprint density at radius 1 is 0.733 bits per heavy atom.